The molecule has 2 rings (SSSR count). The predicted octanol–water partition coefficient (Wildman–Crippen LogP) is 2.48. The lowest BCUT2D eigenvalue weighted by atomic mass is 9.99. The molecule has 0 aliphatic carbocycles. The van der Waals surface area contributed by atoms with E-state index in [2.05, 4.69) is 11.0 Å². The molecule has 0 aromatic heterocycles. The van der Waals surface area contributed by atoms with Crippen molar-refractivity contribution in [3.05, 3.63) is 29.8 Å². The monoisotopic (exact) mass is 311 g/mol. The van der Waals surface area contributed by atoms with Crippen LogP contribution in [0, 0.1) is 0 Å². The molecule has 4 nitrogen and oxygen atoms in total. The molecule has 0 N–H and O–H groups in total. The topological polar surface area (TPSA) is 46.6 Å². The third kappa shape index (κ3) is 5.00. The van der Waals surface area contributed by atoms with E-state index in [0.717, 1.165) is 31.7 Å². The number of benzene rings is 1. The maximum Gasteiger partial charge on any atom is 0.147 e. The number of rotatable bonds is 6. The summed E-state index contributed by atoms with van der Waals surface area (Å²) in [6, 6.07) is 8.41. The Kier molecular flexibility index (Phi) is 5.65. The van der Waals surface area contributed by atoms with Crippen LogP contribution >= 0.6 is 0 Å². The van der Waals surface area contributed by atoms with Crippen LogP contribution in [0.25, 0.3) is 0 Å². The lowest BCUT2D eigenvalue weighted by Crippen LogP contribution is -2.40. The zero-order valence-corrected chi connectivity index (χ0v) is 13.7. The molecule has 1 aliphatic rings. The number of methoxy groups -OCH3 is 1. The van der Waals surface area contributed by atoms with Crippen molar-refractivity contribution in [3.8, 4) is 5.75 Å². The summed E-state index contributed by atoms with van der Waals surface area (Å²) in [6.07, 6.45) is 5.51. The Morgan fingerprint density at radius 1 is 1.29 bits per heavy atom. The first-order chi connectivity index (χ1) is 9.99. The molecule has 1 aromatic rings. The summed E-state index contributed by atoms with van der Waals surface area (Å²) in [6.45, 7) is 1.87. The third-order valence-electron chi connectivity index (χ3n) is 4.14. The molecule has 21 heavy (non-hydrogen) atoms. The van der Waals surface area contributed by atoms with Gasteiger partial charge in [-0.25, -0.2) is 8.42 Å². The average molecular weight is 311 g/mol. The van der Waals surface area contributed by atoms with Crippen LogP contribution in [-0.2, 0) is 16.4 Å². The van der Waals surface area contributed by atoms with E-state index < -0.39 is 9.84 Å². The predicted molar refractivity (Wildman–Crippen MR) is 85.4 cm³/mol. The number of hydrogen-bond acceptors (Lipinski definition) is 4. The van der Waals surface area contributed by atoms with Gasteiger partial charge in [-0.05, 0) is 31.9 Å². The summed E-state index contributed by atoms with van der Waals surface area (Å²) in [7, 11) is -1.19. The minimum atomic E-state index is -2.88. The van der Waals surface area contributed by atoms with Crippen LogP contribution in [0.5, 0.6) is 5.75 Å². The Morgan fingerprint density at radius 3 is 2.76 bits per heavy atom. The summed E-state index contributed by atoms with van der Waals surface area (Å²) >= 11 is 0. The van der Waals surface area contributed by atoms with E-state index in [1.807, 2.05) is 18.2 Å². The minimum Gasteiger partial charge on any atom is -0.496 e. The molecule has 1 unspecified atom stereocenters. The smallest absolute Gasteiger partial charge is 0.147 e. The van der Waals surface area contributed by atoms with Crippen LogP contribution < -0.4 is 4.74 Å². The van der Waals surface area contributed by atoms with E-state index in [1.54, 1.807) is 7.11 Å². The first kappa shape index (κ1) is 16.3. The van der Waals surface area contributed by atoms with Crippen LogP contribution in [0.1, 0.15) is 31.2 Å². The zero-order valence-electron chi connectivity index (χ0n) is 12.9. The van der Waals surface area contributed by atoms with Crippen molar-refractivity contribution in [1.29, 1.82) is 0 Å². The van der Waals surface area contributed by atoms with Crippen molar-refractivity contribution < 1.29 is 13.2 Å². The SMILES string of the molecule is COc1ccccc1CN1CCCCC1CCS(C)(=O)=O. The normalized spacial score (nSPS) is 20.4. The van der Waals surface area contributed by atoms with Gasteiger partial charge in [0, 0.05) is 24.4 Å². The van der Waals surface area contributed by atoms with Gasteiger partial charge < -0.3 is 4.74 Å². The summed E-state index contributed by atoms with van der Waals surface area (Å²) < 4.78 is 28.2. The van der Waals surface area contributed by atoms with E-state index in [9.17, 15) is 8.42 Å². The van der Waals surface area contributed by atoms with Gasteiger partial charge in [0.2, 0.25) is 0 Å². The lowest BCUT2D eigenvalue weighted by Gasteiger charge is -2.36. The number of sulfone groups is 1. The van der Waals surface area contributed by atoms with E-state index in [4.69, 9.17) is 4.74 Å². The highest BCUT2D eigenvalue weighted by atomic mass is 32.2. The van der Waals surface area contributed by atoms with Gasteiger partial charge in [-0.1, -0.05) is 24.6 Å². The van der Waals surface area contributed by atoms with Gasteiger partial charge in [-0.2, -0.15) is 0 Å². The molecule has 1 atom stereocenters. The second-order valence-corrected chi connectivity index (χ2v) is 8.11. The van der Waals surface area contributed by atoms with Crippen LogP contribution in [0.3, 0.4) is 0 Å². The first-order valence-corrected chi connectivity index (χ1v) is 9.59. The molecular weight excluding hydrogens is 286 g/mol. The molecule has 1 fully saturated rings. The Morgan fingerprint density at radius 2 is 2.05 bits per heavy atom. The molecule has 0 amide bonds. The Bertz CT molecular complexity index is 556. The fraction of sp³-hybridized carbons (Fsp3) is 0.625. The number of ether oxygens (including phenoxy) is 1. The highest BCUT2D eigenvalue weighted by Crippen LogP contribution is 2.26. The van der Waals surface area contributed by atoms with Crippen LogP contribution in [0.4, 0.5) is 0 Å². The van der Waals surface area contributed by atoms with Gasteiger partial charge in [-0.15, -0.1) is 0 Å². The molecule has 0 spiro atoms. The number of nitrogens with zero attached hydrogens (tertiary/aromatic N) is 1. The maximum absolute atomic E-state index is 11.4. The van der Waals surface area contributed by atoms with E-state index in [1.165, 1.54) is 24.7 Å². The quantitative estimate of drug-likeness (QED) is 0.810. The fourth-order valence-electron chi connectivity index (χ4n) is 3.00. The average Bonchev–Trinajstić information content (AvgIpc) is 2.46. The Labute approximate surface area is 128 Å². The van der Waals surface area contributed by atoms with Gasteiger partial charge in [0.05, 0.1) is 12.9 Å². The third-order valence-corrected chi connectivity index (χ3v) is 5.11. The highest BCUT2D eigenvalue weighted by molar-refractivity contribution is 7.90. The van der Waals surface area contributed by atoms with Crippen LogP contribution in [0.15, 0.2) is 24.3 Å². The molecule has 0 saturated carbocycles. The van der Waals surface area contributed by atoms with Crippen LogP contribution in [-0.4, -0.2) is 45.0 Å². The summed E-state index contributed by atoms with van der Waals surface area (Å²) in [5.41, 5.74) is 1.17. The Hall–Kier alpha value is -1.07. The molecular formula is C16H25NO3S. The maximum atomic E-state index is 11.4. The standard InChI is InChI=1S/C16H25NO3S/c1-20-16-9-4-3-7-14(16)13-17-11-6-5-8-15(17)10-12-21(2,18)19/h3-4,7,9,15H,5-6,8,10-13H2,1-2H3. The van der Waals surface area contributed by atoms with Gasteiger partial charge in [0.1, 0.15) is 15.6 Å². The van der Waals surface area contributed by atoms with E-state index in [-0.39, 0.29) is 5.75 Å². The molecule has 118 valence electrons. The van der Waals surface area contributed by atoms with Crippen molar-refractivity contribution in [1.82, 2.24) is 4.90 Å². The van der Waals surface area contributed by atoms with Crippen molar-refractivity contribution >= 4 is 9.84 Å². The molecule has 1 heterocycles. The number of para-hydroxylation sites is 1. The largest absolute Gasteiger partial charge is 0.496 e. The lowest BCUT2D eigenvalue weighted by molar-refractivity contribution is 0.135. The molecule has 0 bridgehead atoms. The highest BCUT2D eigenvalue weighted by Gasteiger charge is 2.24. The zero-order chi connectivity index (χ0) is 15.3. The second-order valence-electron chi connectivity index (χ2n) is 5.85. The van der Waals surface area contributed by atoms with Crippen molar-refractivity contribution in [2.24, 2.45) is 0 Å². The van der Waals surface area contributed by atoms with Crippen molar-refractivity contribution in [2.45, 2.75) is 38.3 Å². The summed E-state index contributed by atoms with van der Waals surface area (Å²) in [5, 5.41) is 0. The summed E-state index contributed by atoms with van der Waals surface area (Å²) in [4.78, 5) is 2.41. The van der Waals surface area contributed by atoms with Crippen molar-refractivity contribution in [3.63, 3.8) is 0 Å². The van der Waals surface area contributed by atoms with Gasteiger partial charge in [-0.3, -0.25) is 4.90 Å². The minimum absolute atomic E-state index is 0.278. The molecule has 1 saturated heterocycles. The van der Waals surface area contributed by atoms with Gasteiger partial charge in [0.15, 0.2) is 0 Å². The Balaban J connectivity index is 2.04. The summed E-state index contributed by atoms with van der Waals surface area (Å²) in [5.74, 6) is 1.19. The molecule has 0 radical (unpaired) electrons. The molecule has 5 heteroatoms. The molecule has 1 aromatic carbocycles. The number of hydrogen-bond donors (Lipinski definition) is 0. The van der Waals surface area contributed by atoms with E-state index in [0.29, 0.717) is 6.04 Å². The second kappa shape index (κ2) is 7.27. The van der Waals surface area contributed by atoms with Gasteiger partial charge >= 0.3 is 0 Å². The van der Waals surface area contributed by atoms with Crippen LogP contribution in [0.2, 0.25) is 0 Å². The number of likely N-dealkylation sites (tertiary alicyclic amines) is 1. The molecule has 1 aliphatic heterocycles. The number of piperidine rings is 1. The van der Waals surface area contributed by atoms with Gasteiger partial charge in [0.25, 0.3) is 0 Å². The van der Waals surface area contributed by atoms with Crippen molar-refractivity contribution in [2.75, 3.05) is 25.7 Å². The van der Waals surface area contributed by atoms with E-state index >= 15 is 0 Å². The fourth-order valence-corrected chi connectivity index (χ4v) is 3.70. The first-order valence-electron chi connectivity index (χ1n) is 7.53.